The van der Waals surface area contributed by atoms with E-state index in [1.165, 1.54) is 43.6 Å². The van der Waals surface area contributed by atoms with Gasteiger partial charge >= 0.3 is 5.97 Å². The van der Waals surface area contributed by atoms with E-state index < -0.39 is 27.5 Å². The van der Waals surface area contributed by atoms with Crippen LogP contribution in [0.3, 0.4) is 0 Å². The Morgan fingerprint density at radius 2 is 1.64 bits per heavy atom. The fourth-order valence-electron chi connectivity index (χ4n) is 2.35. The number of amides is 2. The summed E-state index contributed by atoms with van der Waals surface area (Å²) in [7, 11) is -1.20. The molecule has 0 aliphatic carbocycles. The first-order valence-corrected chi connectivity index (χ1v) is 9.18. The van der Waals surface area contributed by atoms with Gasteiger partial charge in [0.1, 0.15) is 0 Å². The highest BCUT2D eigenvalue weighted by Crippen LogP contribution is 2.23. The van der Waals surface area contributed by atoms with Crippen molar-refractivity contribution in [2.45, 2.75) is 4.90 Å². The van der Waals surface area contributed by atoms with E-state index in [-0.39, 0.29) is 16.7 Å². The molecule has 2 aromatic carbocycles. The molecular weight excluding hydrogens is 344 g/mol. The summed E-state index contributed by atoms with van der Waals surface area (Å²) in [5.41, 5.74) is 0.415. The average Bonchev–Trinajstić information content (AvgIpc) is 2.87. The molecule has 2 amide bonds. The monoisotopic (exact) mass is 358 g/mol. The second-order valence-electron chi connectivity index (χ2n) is 5.34. The maximum atomic E-state index is 12.3. The number of nitrogens with zero attached hydrogens (tertiary/aromatic N) is 2. The van der Waals surface area contributed by atoms with Crippen molar-refractivity contribution in [1.29, 1.82) is 0 Å². The second kappa shape index (κ2) is 6.14. The summed E-state index contributed by atoms with van der Waals surface area (Å²) in [6, 6.07) is 12.1. The normalized spacial score (nSPS) is 15.5. The molecule has 0 radical (unpaired) electrons. The Kier molecular flexibility index (Phi) is 4.13. The van der Waals surface area contributed by atoms with Gasteiger partial charge in [0, 0.05) is 18.2 Å². The van der Waals surface area contributed by atoms with E-state index in [1.54, 1.807) is 18.2 Å². The molecule has 8 heteroatoms. The molecule has 1 unspecified atom stereocenters. The van der Waals surface area contributed by atoms with E-state index in [0.717, 1.165) is 0 Å². The molecule has 0 spiro atoms. The lowest BCUT2D eigenvalue weighted by atomic mass is 10.1. The first kappa shape index (κ1) is 16.8. The lowest BCUT2D eigenvalue weighted by Gasteiger charge is -2.13. The maximum Gasteiger partial charge on any atom is 0.363 e. The van der Waals surface area contributed by atoms with Crippen molar-refractivity contribution >= 4 is 27.5 Å². The highest BCUT2D eigenvalue weighted by atomic mass is 32.2. The number of imide groups is 1. The van der Waals surface area contributed by atoms with Crippen LogP contribution in [0.25, 0.3) is 0 Å². The number of carbonyl (C=O) groups is 3. The maximum absolute atomic E-state index is 12.3. The van der Waals surface area contributed by atoms with Gasteiger partial charge in [-0.05, 0) is 30.3 Å². The summed E-state index contributed by atoms with van der Waals surface area (Å²) < 4.78 is 16.1. The Labute approximate surface area is 144 Å². The van der Waals surface area contributed by atoms with E-state index in [1.807, 2.05) is 0 Å². The highest BCUT2D eigenvalue weighted by Gasteiger charge is 2.38. The zero-order chi connectivity index (χ0) is 18.2. The molecule has 0 fully saturated rings. The number of hydrogen-bond donors (Lipinski definition) is 0. The number of hydroxylamine groups is 2. The minimum absolute atomic E-state index is 0.0623. The van der Waals surface area contributed by atoms with Gasteiger partial charge in [-0.25, -0.2) is 13.4 Å². The summed E-state index contributed by atoms with van der Waals surface area (Å²) in [5.74, 6) is -2.30. The number of hydrogen-bond acceptors (Lipinski definition) is 6. The summed E-state index contributed by atoms with van der Waals surface area (Å²) >= 11 is 0. The van der Waals surface area contributed by atoms with Crippen molar-refractivity contribution in [3.8, 4) is 0 Å². The lowest BCUT2D eigenvalue weighted by Crippen LogP contribution is -2.32. The van der Waals surface area contributed by atoms with Crippen LogP contribution in [0, 0.1) is 0 Å². The van der Waals surface area contributed by atoms with Gasteiger partial charge < -0.3 is 4.84 Å². The van der Waals surface area contributed by atoms with Gasteiger partial charge in [-0.1, -0.05) is 23.3 Å². The minimum atomic E-state index is -2.63. The van der Waals surface area contributed by atoms with Crippen LogP contribution in [-0.4, -0.2) is 40.4 Å². The van der Waals surface area contributed by atoms with Crippen molar-refractivity contribution in [2.75, 3.05) is 13.3 Å². The summed E-state index contributed by atoms with van der Waals surface area (Å²) in [6.45, 7) is 0. The standard InChI is InChI=1S/C17H14N2O5S/c1-18-25(2,23)12-7-5-6-11(10-12)17(22)24-19-15(20)13-8-3-4-9-14(13)16(19)21/h3-10H,1-2H3. The van der Waals surface area contributed by atoms with Crippen molar-refractivity contribution in [2.24, 2.45) is 4.36 Å². The predicted octanol–water partition coefficient (Wildman–Crippen LogP) is 2.14. The topological polar surface area (TPSA) is 93.1 Å². The van der Waals surface area contributed by atoms with Crippen molar-refractivity contribution in [1.82, 2.24) is 5.06 Å². The van der Waals surface area contributed by atoms with Gasteiger partial charge in [-0.2, -0.15) is 0 Å². The largest absolute Gasteiger partial charge is 0.363 e. The van der Waals surface area contributed by atoms with Gasteiger partial charge in [0.25, 0.3) is 11.8 Å². The van der Waals surface area contributed by atoms with Crippen LogP contribution in [0.15, 0.2) is 57.8 Å². The van der Waals surface area contributed by atoms with Gasteiger partial charge in [0.05, 0.1) is 26.4 Å². The van der Waals surface area contributed by atoms with Crippen molar-refractivity contribution in [3.63, 3.8) is 0 Å². The molecular formula is C17H14N2O5S. The third-order valence-electron chi connectivity index (χ3n) is 3.79. The smallest absolute Gasteiger partial charge is 0.324 e. The molecule has 1 aliphatic heterocycles. The fourth-order valence-corrected chi connectivity index (χ4v) is 3.24. The molecule has 0 saturated heterocycles. The molecule has 1 heterocycles. The molecule has 25 heavy (non-hydrogen) atoms. The van der Waals surface area contributed by atoms with Crippen LogP contribution in [0.5, 0.6) is 0 Å². The first-order valence-electron chi connectivity index (χ1n) is 7.25. The molecule has 0 bridgehead atoms. The van der Waals surface area contributed by atoms with Crippen molar-refractivity contribution < 1.29 is 23.4 Å². The van der Waals surface area contributed by atoms with Gasteiger partial charge in [0.15, 0.2) is 0 Å². The Hall–Kier alpha value is -3.00. The van der Waals surface area contributed by atoms with Crippen LogP contribution in [0.2, 0.25) is 0 Å². The van der Waals surface area contributed by atoms with Gasteiger partial charge in [-0.3, -0.25) is 9.59 Å². The Balaban J connectivity index is 1.87. The Bertz CT molecular complexity index is 986. The fraction of sp³-hybridized carbons (Fsp3) is 0.118. The molecule has 1 aliphatic rings. The van der Waals surface area contributed by atoms with Crippen LogP contribution >= 0.6 is 0 Å². The van der Waals surface area contributed by atoms with Crippen LogP contribution in [0.4, 0.5) is 0 Å². The Morgan fingerprint density at radius 3 is 2.20 bits per heavy atom. The molecule has 0 saturated carbocycles. The molecule has 0 aromatic heterocycles. The van der Waals surface area contributed by atoms with Gasteiger partial charge in [-0.15, -0.1) is 0 Å². The van der Waals surface area contributed by atoms with E-state index in [2.05, 4.69) is 4.36 Å². The third kappa shape index (κ3) is 2.91. The van der Waals surface area contributed by atoms with E-state index >= 15 is 0 Å². The number of carbonyl (C=O) groups excluding carboxylic acids is 3. The van der Waals surface area contributed by atoms with Gasteiger partial charge in [0.2, 0.25) is 0 Å². The molecule has 1 atom stereocenters. The SMILES string of the molecule is CN=S(C)(=O)c1cccc(C(=O)ON2C(=O)c3ccccc3C2=O)c1. The quantitative estimate of drug-likeness (QED) is 0.784. The molecule has 2 aromatic rings. The van der Waals surface area contributed by atoms with E-state index in [9.17, 15) is 18.6 Å². The number of benzene rings is 2. The summed E-state index contributed by atoms with van der Waals surface area (Å²) in [4.78, 5) is 42.1. The van der Waals surface area contributed by atoms with E-state index in [0.29, 0.717) is 9.96 Å². The summed E-state index contributed by atoms with van der Waals surface area (Å²) in [5, 5.41) is 0.438. The lowest BCUT2D eigenvalue weighted by molar-refractivity contribution is -0.0584. The zero-order valence-corrected chi connectivity index (χ0v) is 14.3. The third-order valence-corrected chi connectivity index (χ3v) is 5.61. The zero-order valence-electron chi connectivity index (χ0n) is 13.5. The average molecular weight is 358 g/mol. The predicted molar refractivity (Wildman–Crippen MR) is 89.5 cm³/mol. The van der Waals surface area contributed by atoms with Crippen LogP contribution < -0.4 is 0 Å². The van der Waals surface area contributed by atoms with Crippen molar-refractivity contribution in [3.05, 3.63) is 65.2 Å². The molecule has 128 valence electrons. The molecule has 3 rings (SSSR count). The van der Waals surface area contributed by atoms with Crippen LogP contribution in [0.1, 0.15) is 31.1 Å². The Morgan fingerprint density at radius 1 is 1.04 bits per heavy atom. The summed E-state index contributed by atoms with van der Waals surface area (Å²) in [6.07, 6.45) is 1.45. The second-order valence-corrected chi connectivity index (χ2v) is 7.78. The highest BCUT2D eigenvalue weighted by molar-refractivity contribution is 7.93. The molecule has 7 nitrogen and oxygen atoms in total. The van der Waals surface area contributed by atoms with E-state index in [4.69, 9.17) is 4.84 Å². The first-order chi connectivity index (χ1) is 11.8. The number of rotatable bonds is 3. The molecule has 0 N–H and O–H groups in total. The number of fused-ring (bicyclic) bond motifs is 1. The van der Waals surface area contributed by atoms with Crippen LogP contribution in [-0.2, 0) is 14.6 Å². The minimum Gasteiger partial charge on any atom is -0.324 e.